The predicted octanol–water partition coefficient (Wildman–Crippen LogP) is 0.732. The van der Waals surface area contributed by atoms with E-state index in [0.717, 1.165) is 0 Å². The van der Waals surface area contributed by atoms with Gasteiger partial charge >= 0.3 is 5.69 Å². The Kier molecular flexibility index (Phi) is 2.61. The smallest absolute Gasteiger partial charge is 0.316 e. The molecule has 0 aliphatic carbocycles. The number of nitrogens with two attached hydrogens (primary N) is 1. The van der Waals surface area contributed by atoms with Gasteiger partial charge in [0.1, 0.15) is 12.0 Å². The van der Waals surface area contributed by atoms with Crippen molar-refractivity contribution < 1.29 is 4.92 Å². The number of nitro groups is 1. The van der Waals surface area contributed by atoms with Crippen LogP contribution in [0.3, 0.4) is 0 Å². The lowest BCUT2D eigenvalue weighted by Crippen LogP contribution is -2.04. The van der Waals surface area contributed by atoms with Gasteiger partial charge in [-0.2, -0.15) is 0 Å². The summed E-state index contributed by atoms with van der Waals surface area (Å²) in [5, 5.41) is 11.0. The Labute approximate surface area is 95.7 Å². The van der Waals surface area contributed by atoms with Gasteiger partial charge in [0.15, 0.2) is 5.69 Å². The highest BCUT2D eigenvalue weighted by atomic mass is 16.6. The molecule has 2 heterocycles. The molecule has 0 unspecified atom stereocenters. The second-order valence-electron chi connectivity index (χ2n) is 3.25. The van der Waals surface area contributed by atoms with Crippen LogP contribution in [-0.4, -0.2) is 24.9 Å². The van der Waals surface area contributed by atoms with Crippen molar-refractivity contribution in [2.75, 3.05) is 5.73 Å². The van der Waals surface area contributed by atoms with E-state index >= 15 is 0 Å². The van der Waals surface area contributed by atoms with Gasteiger partial charge in [0, 0.05) is 18.0 Å². The highest BCUT2D eigenvalue weighted by Gasteiger charge is 2.22. The van der Waals surface area contributed by atoms with Crippen LogP contribution in [0.5, 0.6) is 0 Å². The van der Waals surface area contributed by atoms with E-state index in [1.54, 1.807) is 0 Å². The molecule has 0 spiro atoms. The molecule has 0 saturated heterocycles. The van der Waals surface area contributed by atoms with Crippen LogP contribution in [0.2, 0.25) is 0 Å². The fourth-order valence-corrected chi connectivity index (χ4v) is 1.43. The minimum absolute atomic E-state index is 0.0213. The van der Waals surface area contributed by atoms with Crippen molar-refractivity contribution in [3.8, 4) is 11.3 Å². The monoisotopic (exact) mass is 232 g/mol. The molecule has 86 valence electrons. The van der Waals surface area contributed by atoms with E-state index in [0.29, 0.717) is 5.56 Å². The number of rotatable bonds is 2. The van der Waals surface area contributed by atoms with Gasteiger partial charge in [0.2, 0.25) is 5.95 Å². The first-order valence-corrected chi connectivity index (χ1v) is 4.63. The second kappa shape index (κ2) is 4.08. The standard InChI is InChI=1S/C9H8N6O2/c1-5-8(15(16)17)7(14-9(10)13-5)6-2-11-4-12-3-6/h2-4H,1H3,(H2,10,13,14). The van der Waals surface area contributed by atoms with E-state index in [4.69, 9.17) is 5.73 Å². The van der Waals surface area contributed by atoms with E-state index < -0.39 is 4.92 Å². The van der Waals surface area contributed by atoms with Crippen LogP contribution in [-0.2, 0) is 0 Å². The summed E-state index contributed by atoms with van der Waals surface area (Å²) in [6, 6.07) is 0. The molecule has 2 N–H and O–H groups in total. The largest absolute Gasteiger partial charge is 0.368 e. The van der Waals surface area contributed by atoms with E-state index in [1.807, 2.05) is 0 Å². The molecule has 0 atom stereocenters. The normalized spacial score (nSPS) is 10.2. The van der Waals surface area contributed by atoms with Gasteiger partial charge in [-0.3, -0.25) is 10.1 Å². The average molecular weight is 232 g/mol. The Bertz CT molecular complexity index is 571. The quantitative estimate of drug-likeness (QED) is 0.598. The molecule has 2 aromatic heterocycles. The van der Waals surface area contributed by atoms with E-state index in [9.17, 15) is 10.1 Å². The first-order chi connectivity index (χ1) is 8.09. The second-order valence-corrected chi connectivity index (χ2v) is 3.25. The summed E-state index contributed by atoms with van der Waals surface area (Å²) in [4.78, 5) is 25.6. The molecular formula is C9H8N6O2. The van der Waals surface area contributed by atoms with Crippen molar-refractivity contribution in [2.24, 2.45) is 0 Å². The predicted molar refractivity (Wildman–Crippen MR) is 58.9 cm³/mol. The van der Waals surface area contributed by atoms with Crippen LogP contribution in [0, 0.1) is 17.0 Å². The van der Waals surface area contributed by atoms with Gasteiger partial charge in [-0.25, -0.2) is 19.9 Å². The average Bonchev–Trinajstić information content (AvgIpc) is 2.28. The topological polar surface area (TPSA) is 121 Å². The van der Waals surface area contributed by atoms with E-state index in [1.165, 1.54) is 25.6 Å². The van der Waals surface area contributed by atoms with Crippen molar-refractivity contribution in [3.63, 3.8) is 0 Å². The molecule has 0 fully saturated rings. The number of hydrogen-bond donors (Lipinski definition) is 1. The Morgan fingerprint density at radius 3 is 2.53 bits per heavy atom. The fraction of sp³-hybridized carbons (Fsp3) is 0.111. The maximum Gasteiger partial charge on any atom is 0.316 e. The number of nitrogens with zero attached hydrogens (tertiary/aromatic N) is 5. The summed E-state index contributed by atoms with van der Waals surface area (Å²) in [6.45, 7) is 1.50. The Morgan fingerprint density at radius 2 is 1.94 bits per heavy atom. The molecule has 8 nitrogen and oxygen atoms in total. The molecule has 0 aromatic carbocycles. The first kappa shape index (κ1) is 10.9. The van der Waals surface area contributed by atoms with Crippen LogP contribution >= 0.6 is 0 Å². The molecule has 0 amide bonds. The minimum atomic E-state index is -0.545. The molecule has 0 aliphatic heterocycles. The number of aromatic nitrogens is 4. The summed E-state index contributed by atoms with van der Waals surface area (Å²) in [6.07, 6.45) is 4.19. The summed E-state index contributed by atoms with van der Waals surface area (Å²) in [5.41, 5.74) is 6.06. The molecule has 8 heteroatoms. The zero-order valence-electron chi connectivity index (χ0n) is 8.86. The van der Waals surface area contributed by atoms with Crippen LogP contribution in [0.4, 0.5) is 11.6 Å². The number of hydrogen-bond acceptors (Lipinski definition) is 7. The lowest BCUT2D eigenvalue weighted by Gasteiger charge is -2.04. The van der Waals surface area contributed by atoms with Crippen molar-refractivity contribution in [3.05, 3.63) is 34.5 Å². The van der Waals surface area contributed by atoms with E-state index in [2.05, 4.69) is 19.9 Å². The lowest BCUT2D eigenvalue weighted by atomic mass is 10.2. The van der Waals surface area contributed by atoms with Gasteiger partial charge in [0.05, 0.1) is 4.92 Å². The fourth-order valence-electron chi connectivity index (χ4n) is 1.43. The Hall–Kier alpha value is -2.64. The third-order valence-corrected chi connectivity index (χ3v) is 2.09. The first-order valence-electron chi connectivity index (χ1n) is 4.63. The zero-order chi connectivity index (χ0) is 12.4. The molecule has 0 aliphatic rings. The minimum Gasteiger partial charge on any atom is -0.368 e. The molecule has 0 bridgehead atoms. The SMILES string of the molecule is Cc1nc(N)nc(-c2cncnc2)c1[N+](=O)[O-]. The highest BCUT2D eigenvalue weighted by Crippen LogP contribution is 2.29. The Morgan fingerprint density at radius 1 is 1.29 bits per heavy atom. The number of anilines is 1. The van der Waals surface area contributed by atoms with Crippen LogP contribution in [0.15, 0.2) is 18.7 Å². The zero-order valence-corrected chi connectivity index (χ0v) is 8.86. The number of aryl methyl sites for hydroxylation is 1. The Balaban J connectivity index is 2.72. The van der Waals surface area contributed by atoms with Crippen LogP contribution in [0.1, 0.15) is 5.69 Å². The highest BCUT2D eigenvalue weighted by molar-refractivity contribution is 5.70. The summed E-state index contributed by atoms with van der Waals surface area (Å²) in [7, 11) is 0. The summed E-state index contributed by atoms with van der Waals surface area (Å²) >= 11 is 0. The lowest BCUT2D eigenvalue weighted by molar-refractivity contribution is -0.385. The van der Waals surface area contributed by atoms with Gasteiger partial charge in [-0.05, 0) is 6.92 Å². The number of nitrogen functional groups attached to an aromatic ring is 1. The summed E-state index contributed by atoms with van der Waals surface area (Å²) < 4.78 is 0. The maximum atomic E-state index is 11.0. The van der Waals surface area contributed by atoms with Crippen LogP contribution < -0.4 is 5.73 Å². The van der Waals surface area contributed by atoms with Crippen molar-refractivity contribution in [1.82, 2.24) is 19.9 Å². The molecule has 2 rings (SSSR count). The molecule has 17 heavy (non-hydrogen) atoms. The molecule has 2 aromatic rings. The van der Waals surface area contributed by atoms with Gasteiger partial charge in [-0.1, -0.05) is 0 Å². The van der Waals surface area contributed by atoms with Gasteiger partial charge in [0.25, 0.3) is 0 Å². The van der Waals surface area contributed by atoms with E-state index in [-0.39, 0.29) is 23.0 Å². The summed E-state index contributed by atoms with van der Waals surface area (Å²) in [5.74, 6) is -0.0213. The van der Waals surface area contributed by atoms with Crippen molar-refractivity contribution >= 4 is 11.6 Å². The molecular weight excluding hydrogens is 224 g/mol. The third kappa shape index (κ3) is 2.00. The molecule has 0 saturated carbocycles. The third-order valence-electron chi connectivity index (χ3n) is 2.09. The van der Waals surface area contributed by atoms with Gasteiger partial charge in [-0.15, -0.1) is 0 Å². The van der Waals surface area contributed by atoms with Crippen LogP contribution in [0.25, 0.3) is 11.3 Å². The van der Waals surface area contributed by atoms with Gasteiger partial charge < -0.3 is 5.73 Å². The van der Waals surface area contributed by atoms with Crippen molar-refractivity contribution in [1.29, 1.82) is 0 Å². The molecule has 0 radical (unpaired) electrons. The maximum absolute atomic E-state index is 11.0. The van der Waals surface area contributed by atoms with Crippen molar-refractivity contribution in [2.45, 2.75) is 6.92 Å².